The van der Waals surface area contributed by atoms with Crippen LogP contribution in [0.5, 0.6) is 5.75 Å². The van der Waals surface area contributed by atoms with Gasteiger partial charge < -0.3 is 10.1 Å². The van der Waals surface area contributed by atoms with E-state index in [-0.39, 0.29) is 0 Å². The fraction of sp³-hybridized carbons (Fsp3) is 0.429. The zero-order valence-electron chi connectivity index (χ0n) is 10.6. The number of likely N-dealkylation sites (N-methyl/N-ethyl adjacent to an activating group) is 1. The molecular formula is C14H21NO. The van der Waals surface area contributed by atoms with E-state index in [9.17, 15) is 0 Å². The molecule has 0 amide bonds. The number of benzene rings is 1. The predicted octanol–water partition coefficient (Wildman–Crippen LogP) is 3.10. The van der Waals surface area contributed by atoms with Crippen molar-refractivity contribution in [2.24, 2.45) is 0 Å². The summed E-state index contributed by atoms with van der Waals surface area (Å²) in [6, 6.07) is 8.56. The Morgan fingerprint density at radius 2 is 2.25 bits per heavy atom. The zero-order valence-corrected chi connectivity index (χ0v) is 10.6. The molecule has 0 radical (unpaired) electrons. The molecule has 0 aromatic heterocycles. The van der Waals surface area contributed by atoms with E-state index in [1.165, 1.54) is 11.1 Å². The lowest BCUT2D eigenvalue weighted by molar-refractivity contribution is 0.340. The molecule has 1 aromatic carbocycles. The molecule has 0 aliphatic rings. The smallest absolute Gasteiger partial charge is 0.119 e. The van der Waals surface area contributed by atoms with Gasteiger partial charge in [-0.15, -0.1) is 0 Å². The van der Waals surface area contributed by atoms with Crippen LogP contribution in [0.3, 0.4) is 0 Å². The number of ether oxygens (including phenoxy) is 1. The van der Waals surface area contributed by atoms with Gasteiger partial charge in [-0.25, -0.2) is 0 Å². The zero-order chi connectivity index (χ0) is 12.0. The van der Waals surface area contributed by atoms with Gasteiger partial charge in [0.1, 0.15) is 5.75 Å². The van der Waals surface area contributed by atoms with Gasteiger partial charge in [0.2, 0.25) is 0 Å². The van der Waals surface area contributed by atoms with Crippen molar-refractivity contribution in [2.75, 3.05) is 13.7 Å². The van der Waals surface area contributed by atoms with Gasteiger partial charge >= 0.3 is 0 Å². The van der Waals surface area contributed by atoms with Crippen LogP contribution in [0, 0.1) is 0 Å². The summed E-state index contributed by atoms with van der Waals surface area (Å²) in [5.74, 6) is 0.932. The van der Waals surface area contributed by atoms with Gasteiger partial charge in [0.05, 0.1) is 6.61 Å². The molecule has 1 rings (SSSR count). The van der Waals surface area contributed by atoms with Gasteiger partial charge in [-0.2, -0.15) is 0 Å². The maximum Gasteiger partial charge on any atom is 0.119 e. The fourth-order valence-electron chi connectivity index (χ4n) is 1.48. The highest BCUT2D eigenvalue weighted by atomic mass is 16.5. The monoisotopic (exact) mass is 219 g/mol. The highest BCUT2D eigenvalue weighted by Gasteiger charge is 2.00. The minimum atomic E-state index is 0.399. The second kappa shape index (κ2) is 6.33. The van der Waals surface area contributed by atoms with Crippen LogP contribution < -0.4 is 10.1 Å². The summed E-state index contributed by atoms with van der Waals surface area (Å²) in [4.78, 5) is 0. The molecule has 1 atom stereocenters. The maximum absolute atomic E-state index is 5.47. The molecular weight excluding hydrogens is 198 g/mol. The summed E-state index contributed by atoms with van der Waals surface area (Å²) in [6.07, 6.45) is 2.18. The first-order chi connectivity index (χ1) is 7.67. The summed E-state index contributed by atoms with van der Waals surface area (Å²) < 4.78 is 5.47. The quantitative estimate of drug-likeness (QED) is 0.821. The van der Waals surface area contributed by atoms with Crippen molar-refractivity contribution in [1.82, 2.24) is 5.32 Å². The molecule has 2 nitrogen and oxygen atoms in total. The van der Waals surface area contributed by atoms with E-state index >= 15 is 0 Å². The second-order valence-electron chi connectivity index (χ2n) is 3.90. The van der Waals surface area contributed by atoms with Crippen molar-refractivity contribution < 1.29 is 4.74 Å². The summed E-state index contributed by atoms with van der Waals surface area (Å²) >= 11 is 0. The van der Waals surface area contributed by atoms with Crippen molar-refractivity contribution in [3.05, 3.63) is 35.4 Å². The van der Waals surface area contributed by atoms with E-state index in [0.29, 0.717) is 12.6 Å². The average Bonchev–Trinajstić information content (AvgIpc) is 2.29. The molecule has 0 fully saturated rings. The van der Waals surface area contributed by atoms with Crippen molar-refractivity contribution in [2.45, 2.75) is 26.8 Å². The molecule has 0 heterocycles. The van der Waals surface area contributed by atoms with Crippen LogP contribution in [0.4, 0.5) is 0 Å². The normalized spacial score (nSPS) is 13.6. The molecule has 16 heavy (non-hydrogen) atoms. The Kier molecular flexibility index (Phi) is 5.06. The molecule has 0 saturated carbocycles. The first-order valence-corrected chi connectivity index (χ1v) is 5.75. The third kappa shape index (κ3) is 3.70. The van der Waals surface area contributed by atoms with Crippen LogP contribution in [0.25, 0.3) is 6.08 Å². The van der Waals surface area contributed by atoms with Crippen molar-refractivity contribution in [1.29, 1.82) is 0 Å². The van der Waals surface area contributed by atoms with Crippen LogP contribution in [0.15, 0.2) is 29.8 Å². The van der Waals surface area contributed by atoms with Crippen LogP contribution in [0.1, 0.15) is 26.3 Å². The van der Waals surface area contributed by atoms with Crippen LogP contribution in [0.2, 0.25) is 0 Å². The minimum absolute atomic E-state index is 0.399. The molecule has 1 aromatic rings. The van der Waals surface area contributed by atoms with Crippen molar-refractivity contribution >= 4 is 6.08 Å². The Labute approximate surface area is 98.3 Å². The van der Waals surface area contributed by atoms with Gasteiger partial charge in [-0.3, -0.25) is 0 Å². The molecule has 88 valence electrons. The Bertz CT molecular complexity index is 358. The van der Waals surface area contributed by atoms with Crippen molar-refractivity contribution in [3.63, 3.8) is 0 Å². The minimum Gasteiger partial charge on any atom is -0.494 e. The second-order valence-corrected chi connectivity index (χ2v) is 3.90. The summed E-state index contributed by atoms with van der Waals surface area (Å²) in [5, 5.41) is 3.23. The van der Waals surface area contributed by atoms with Gasteiger partial charge in [-0.1, -0.05) is 23.8 Å². The number of hydrogen-bond donors (Lipinski definition) is 1. The summed E-state index contributed by atoms with van der Waals surface area (Å²) in [5.41, 5.74) is 2.50. The van der Waals surface area contributed by atoms with E-state index < -0.39 is 0 Å². The Balaban J connectivity index is 2.84. The Morgan fingerprint density at radius 3 is 2.88 bits per heavy atom. The van der Waals surface area contributed by atoms with E-state index in [4.69, 9.17) is 4.74 Å². The molecule has 0 aliphatic heterocycles. The Morgan fingerprint density at radius 1 is 1.50 bits per heavy atom. The number of hydrogen-bond acceptors (Lipinski definition) is 2. The topological polar surface area (TPSA) is 21.3 Å². The lowest BCUT2D eigenvalue weighted by atomic mass is 10.1. The fourth-order valence-corrected chi connectivity index (χ4v) is 1.48. The Hall–Kier alpha value is -1.28. The summed E-state index contributed by atoms with van der Waals surface area (Å²) in [6.45, 7) is 6.99. The van der Waals surface area contributed by atoms with Crippen LogP contribution in [-0.2, 0) is 0 Å². The molecule has 2 heteroatoms. The first-order valence-electron chi connectivity index (χ1n) is 5.75. The number of rotatable bonds is 5. The molecule has 0 spiro atoms. The third-order valence-electron chi connectivity index (χ3n) is 2.68. The standard InChI is InChI=1S/C14H21NO/c1-5-16-14-8-6-7-13(10-14)9-11(2)12(3)15-4/h6-10,12,15H,5H2,1-4H3/b11-9-. The first kappa shape index (κ1) is 12.8. The lowest BCUT2D eigenvalue weighted by Crippen LogP contribution is -2.21. The van der Waals surface area contributed by atoms with E-state index in [2.05, 4.69) is 37.4 Å². The molecule has 1 unspecified atom stereocenters. The highest BCUT2D eigenvalue weighted by Crippen LogP contribution is 2.16. The lowest BCUT2D eigenvalue weighted by Gasteiger charge is -2.11. The summed E-state index contributed by atoms with van der Waals surface area (Å²) in [7, 11) is 1.97. The molecule has 1 N–H and O–H groups in total. The predicted molar refractivity (Wildman–Crippen MR) is 69.8 cm³/mol. The third-order valence-corrected chi connectivity index (χ3v) is 2.68. The van der Waals surface area contributed by atoms with Crippen LogP contribution in [-0.4, -0.2) is 19.7 Å². The van der Waals surface area contributed by atoms with E-state index in [1.54, 1.807) is 0 Å². The van der Waals surface area contributed by atoms with Gasteiger partial charge in [0.15, 0.2) is 0 Å². The van der Waals surface area contributed by atoms with E-state index in [0.717, 1.165) is 5.75 Å². The number of nitrogens with one attached hydrogen (secondary N) is 1. The molecule has 0 saturated heterocycles. The van der Waals surface area contributed by atoms with Crippen molar-refractivity contribution in [3.8, 4) is 5.75 Å². The van der Waals surface area contributed by atoms with Gasteiger partial charge in [-0.05, 0) is 45.5 Å². The molecule has 0 aliphatic carbocycles. The average molecular weight is 219 g/mol. The largest absolute Gasteiger partial charge is 0.494 e. The van der Waals surface area contributed by atoms with Gasteiger partial charge in [0, 0.05) is 6.04 Å². The highest BCUT2D eigenvalue weighted by molar-refractivity contribution is 5.55. The van der Waals surface area contributed by atoms with Crippen LogP contribution >= 0.6 is 0 Å². The SMILES string of the molecule is CCOc1cccc(/C=C(/C)C(C)NC)c1. The van der Waals surface area contributed by atoms with E-state index in [1.807, 2.05) is 26.1 Å². The maximum atomic E-state index is 5.47. The molecule has 0 bridgehead atoms. The van der Waals surface area contributed by atoms with Gasteiger partial charge in [0.25, 0.3) is 0 Å².